The molecule has 0 unspecified atom stereocenters. The van der Waals surface area contributed by atoms with E-state index in [1.54, 1.807) is 0 Å². The van der Waals surface area contributed by atoms with E-state index in [2.05, 4.69) is 15.1 Å². The summed E-state index contributed by atoms with van der Waals surface area (Å²) in [7, 11) is 0. The Bertz CT molecular complexity index is 467. The summed E-state index contributed by atoms with van der Waals surface area (Å²) in [5.41, 5.74) is 1.99. The Morgan fingerprint density at radius 1 is 1.14 bits per heavy atom. The van der Waals surface area contributed by atoms with Crippen LogP contribution >= 0.6 is 27.0 Å². The van der Waals surface area contributed by atoms with Gasteiger partial charge in [-0.25, -0.2) is 10.6 Å². The molecule has 2 amide bonds. The lowest BCUT2D eigenvalue weighted by atomic mass is 10.2. The Morgan fingerprint density at radius 3 is 2.17 bits per heavy atom. The van der Waals surface area contributed by atoms with E-state index >= 15 is 0 Å². The monoisotopic (exact) mass is 457 g/mol. The van der Waals surface area contributed by atoms with E-state index in [1.165, 1.54) is 0 Å². The van der Waals surface area contributed by atoms with Gasteiger partial charge in [-0.1, -0.05) is 0 Å². The second kappa shape index (κ2) is 16.0. The lowest BCUT2D eigenvalue weighted by Crippen LogP contribution is -2.42. The fourth-order valence-corrected chi connectivity index (χ4v) is 3.02. The van der Waals surface area contributed by atoms with E-state index in [1.807, 2.05) is 5.43 Å². The summed E-state index contributed by atoms with van der Waals surface area (Å²) in [5.74, 6) is 4.57. The highest BCUT2D eigenvalue weighted by Gasteiger charge is 2.25. The Morgan fingerprint density at radius 2 is 1.69 bits per heavy atom. The molecule has 5 N–H and O–H groups in total. The molecular weight excluding hydrogens is 422 g/mol. The molecule has 0 radical (unpaired) electrons. The second-order valence-corrected chi connectivity index (χ2v) is 6.66. The zero-order chi connectivity index (χ0) is 19.5. The molecule has 13 heteroatoms. The molecule has 3 rings (SSSR count). The number of nitrogens with two attached hydrogens (primary N) is 1. The highest BCUT2D eigenvalue weighted by Crippen LogP contribution is 2.05. The fourth-order valence-electron chi connectivity index (χ4n) is 3.02. The van der Waals surface area contributed by atoms with Crippen molar-refractivity contribution in [1.29, 1.82) is 0 Å². The molecule has 172 valence electrons. The van der Waals surface area contributed by atoms with Gasteiger partial charge in [0.2, 0.25) is 5.91 Å². The molecular formula is C16H35N5O6S2. The molecule has 29 heavy (non-hydrogen) atoms. The van der Waals surface area contributed by atoms with Gasteiger partial charge in [-0.2, -0.15) is 27.0 Å². The maximum atomic E-state index is 10.8. The zero-order valence-electron chi connectivity index (χ0n) is 16.6. The number of amides is 2. The van der Waals surface area contributed by atoms with Crippen molar-refractivity contribution in [3.05, 3.63) is 0 Å². The van der Waals surface area contributed by atoms with Crippen molar-refractivity contribution in [2.75, 3.05) is 72.2 Å². The number of nitrogens with one attached hydrogen (secondary N) is 2. The van der Waals surface area contributed by atoms with E-state index in [4.69, 9.17) is 20.1 Å². The van der Waals surface area contributed by atoms with Crippen LogP contribution in [0.4, 0.5) is 4.79 Å². The van der Waals surface area contributed by atoms with E-state index in [-0.39, 0.29) is 51.5 Å². The van der Waals surface area contributed by atoms with Crippen molar-refractivity contribution >= 4 is 39.0 Å². The molecule has 3 aliphatic heterocycles. The van der Waals surface area contributed by atoms with E-state index in [0.717, 1.165) is 45.9 Å². The smallest absolute Gasteiger partial charge is 0.407 e. The lowest BCUT2D eigenvalue weighted by molar-refractivity contribution is -0.123. The number of hydrazine groups is 1. The SMILES string of the molecule is NNC(=O)C[C@H](O)CN1CCOCC1.O=C1NC[C@@H](CN2CCOCC2)O1.S.S. The molecule has 0 spiro atoms. The molecule has 3 aliphatic rings. The maximum absolute atomic E-state index is 10.8. The zero-order valence-corrected chi connectivity index (χ0v) is 18.6. The average Bonchev–Trinajstić information content (AvgIpc) is 3.08. The van der Waals surface area contributed by atoms with Crippen molar-refractivity contribution in [1.82, 2.24) is 20.5 Å². The Hall–Kier alpha value is -0.800. The summed E-state index contributed by atoms with van der Waals surface area (Å²) in [4.78, 5) is 25.9. The van der Waals surface area contributed by atoms with Gasteiger partial charge in [0.25, 0.3) is 0 Å². The molecule has 0 saturated carbocycles. The third-order valence-electron chi connectivity index (χ3n) is 4.47. The summed E-state index contributed by atoms with van der Waals surface area (Å²) in [6.45, 7) is 8.40. The Balaban J connectivity index is 0.000000506. The standard InChI is InChI=1S/C8H17N3O3.C8H14N2O3.2H2S/c9-10-8(13)5-7(12)6-11-1-3-14-4-2-11;11-8-9-5-7(13-8)6-10-1-3-12-4-2-10;;/h7,12H,1-6,9H2,(H,10,13);7H,1-6H2,(H,9,11);2*1H2/t2*7-;;/m00../s1. The van der Waals surface area contributed by atoms with Crippen LogP contribution in [-0.4, -0.2) is 111 Å². The minimum absolute atomic E-state index is 0. The number of carbonyl (C=O) groups excluding carboxylic acids is 2. The largest absolute Gasteiger partial charge is 0.443 e. The molecule has 11 nitrogen and oxygen atoms in total. The molecule has 0 bridgehead atoms. The first kappa shape index (κ1) is 28.2. The predicted octanol–water partition coefficient (Wildman–Crippen LogP) is -2.29. The molecule has 3 saturated heterocycles. The Labute approximate surface area is 185 Å². The van der Waals surface area contributed by atoms with Crippen LogP contribution < -0.4 is 16.6 Å². The number of cyclic esters (lactones) is 1. The number of nitrogens with zero attached hydrogens (tertiary/aromatic N) is 2. The minimum Gasteiger partial charge on any atom is -0.443 e. The summed E-state index contributed by atoms with van der Waals surface area (Å²) in [6.07, 6.45) is -0.881. The molecule has 2 atom stereocenters. The van der Waals surface area contributed by atoms with Crippen molar-refractivity contribution in [3.8, 4) is 0 Å². The summed E-state index contributed by atoms with van der Waals surface area (Å²) in [5, 5.41) is 12.1. The second-order valence-electron chi connectivity index (χ2n) is 6.66. The number of carbonyl (C=O) groups is 2. The fraction of sp³-hybridized carbons (Fsp3) is 0.875. The third kappa shape index (κ3) is 11.8. The van der Waals surface area contributed by atoms with E-state index < -0.39 is 6.10 Å². The van der Waals surface area contributed by atoms with Crippen LogP contribution in [0.25, 0.3) is 0 Å². The molecule has 3 fully saturated rings. The molecule has 0 aliphatic carbocycles. The van der Waals surface area contributed by atoms with Gasteiger partial charge >= 0.3 is 6.09 Å². The first-order valence-corrected chi connectivity index (χ1v) is 9.29. The predicted molar refractivity (Wildman–Crippen MR) is 117 cm³/mol. The van der Waals surface area contributed by atoms with Gasteiger partial charge in [-0.05, 0) is 0 Å². The molecule has 0 aromatic carbocycles. The number of aliphatic hydroxyl groups is 1. The van der Waals surface area contributed by atoms with Crippen LogP contribution in [0.3, 0.4) is 0 Å². The topological polar surface area (TPSA) is 139 Å². The van der Waals surface area contributed by atoms with E-state index in [0.29, 0.717) is 26.3 Å². The molecule has 0 aromatic heterocycles. The van der Waals surface area contributed by atoms with Gasteiger partial charge in [0.1, 0.15) is 6.10 Å². The lowest BCUT2D eigenvalue weighted by Gasteiger charge is -2.28. The number of aliphatic hydroxyl groups excluding tert-OH is 1. The van der Waals surface area contributed by atoms with Crippen molar-refractivity contribution < 1.29 is 28.9 Å². The van der Waals surface area contributed by atoms with Crippen LogP contribution in [0.15, 0.2) is 0 Å². The van der Waals surface area contributed by atoms with Gasteiger partial charge in [0, 0.05) is 39.3 Å². The van der Waals surface area contributed by atoms with Crippen LogP contribution in [0.5, 0.6) is 0 Å². The number of rotatable bonds is 6. The first-order valence-electron chi connectivity index (χ1n) is 9.29. The normalized spacial score (nSPS) is 23.2. The average molecular weight is 458 g/mol. The highest BCUT2D eigenvalue weighted by molar-refractivity contribution is 7.59. The third-order valence-corrected chi connectivity index (χ3v) is 4.47. The van der Waals surface area contributed by atoms with Gasteiger partial charge in [0.15, 0.2) is 0 Å². The number of alkyl carbamates (subject to hydrolysis) is 1. The quantitative estimate of drug-likeness (QED) is 0.197. The van der Waals surface area contributed by atoms with Crippen molar-refractivity contribution in [3.63, 3.8) is 0 Å². The van der Waals surface area contributed by atoms with Gasteiger partial charge in [-0.3, -0.25) is 20.0 Å². The molecule has 0 aromatic rings. The number of hydrogen-bond donors (Lipinski definition) is 4. The van der Waals surface area contributed by atoms with Crippen molar-refractivity contribution in [2.24, 2.45) is 5.84 Å². The van der Waals surface area contributed by atoms with E-state index in [9.17, 15) is 14.7 Å². The van der Waals surface area contributed by atoms with Gasteiger partial charge in [-0.15, -0.1) is 0 Å². The summed E-state index contributed by atoms with van der Waals surface area (Å²) in [6, 6.07) is 0. The number of hydrogen-bond acceptors (Lipinski definition) is 9. The van der Waals surface area contributed by atoms with Crippen LogP contribution in [0.2, 0.25) is 0 Å². The first-order chi connectivity index (χ1) is 13.1. The van der Waals surface area contributed by atoms with Crippen LogP contribution in [-0.2, 0) is 19.0 Å². The Kier molecular flexibility index (Phi) is 15.5. The van der Waals surface area contributed by atoms with Crippen molar-refractivity contribution in [2.45, 2.75) is 18.6 Å². The van der Waals surface area contributed by atoms with Crippen LogP contribution in [0, 0.1) is 0 Å². The summed E-state index contributed by atoms with van der Waals surface area (Å²) < 4.78 is 15.4. The highest BCUT2D eigenvalue weighted by atomic mass is 32.1. The number of morpholine rings is 2. The summed E-state index contributed by atoms with van der Waals surface area (Å²) >= 11 is 0. The van der Waals surface area contributed by atoms with Gasteiger partial charge in [0.05, 0.1) is 45.5 Å². The number of β-amino-alcohol motifs (C(OH)–C–C–N with tert-alkyl or cyclic N) is 1. The minimum atomic E-state index is -0.656. The van der Waals surface area contributed by atoms with Crippen LogP contribution in [0.1, 0.15) is 6.42 Å². The number of ether oxygens (including phenoxy) is 3. The van der Waals surface area contributed by atoms with Gasteiger partial charge < -0.3 is 24.6 Å². The maximum Gasteiger partial charge on any atom is 0.407 e. The molecule has 3 heterocycles.